The number of nitrogens with zero attached hydrogens (tertiary/aromatic N) is 1. The second-order valence-electron chi connectivity index (χ2n) is 5.40. The number of aliphatic hydroxyl groups excluding tert-OH is 1. The van der Waals surface area contributed by atoms with E-state index >= 15 is 0 Å². The van der Waals surface area contributed by atoms with Gasteiger partial charge in [0.05, 0.1) is 19.3 Å². The Balaban J connectivity index is 0.00000161. The molecule has 1 aliphatic rings. The van der Waals surface area contributed by atoms with E-state index in [1.54, 1.807) is 11.3 Å². The number of ether oxygens (including phenoxy) is 1. The number of aliphatic hydroxyl groups is 1. The van der Waals surface area contributed by atoms with Crippen LogP contribution in [0.3, 0.4) is 0 Å². The van der Waals surface area contributed by atoms with Crippen molar-refractivity contribution in [3.63, 3.8) is 0 Å². The van der Waals surface area contributed by atoms with E-state index in [4.69, 9.17) is 4.74 Å². The maximum absolute atomic E-state index is 9.44. The lowest BCUT2D eigenvalue weighted by Gasteiger charge is -2.14. The maximum atomic E-state index is 9.44. The quantitative estimate of drug-likeness (QED) is 0.826. The highest BCUT2D eigenvalue weighted by molar-refractivity contribution is 7.17. The summed E-state index contributed by atoms with van der Waals surface area (Å²) in [6.07, 6.45) is 1.74. The van der Waals surface area contributed by atoms with Gasteiger partial charge in [0, 0.05) is 24.3 Å². The molecule has 3 rings (SSSR count). The summed E-state index contributed by atoms with van der Waals surface area (Å²) >= 11 is 1.79. The average molecular weight is 309 g/mol. The first-order valence-electron chi connectivity index (χ1n) is 7.25. The minimum absolute atomic E-state index is 0. The summed E-state index contributed by atoms with van der Waals surface area (Å²) in [4.78, 5) is 2.27. The summed E-state index contributed by atoms with van der Waals surface area (Å²) in [5.41, 5.74) is 1.34. The van der Waals surface area contributed by atoms with Gasteiger partial charge >= 0.3 is 0 Å². The molecule has 3 N–H and O–H groups in total. The molecule has 1 aliphatic heterocycles. The third kappa shape index (κ3) is 4.49. The zero-order chi connectivity index (χ0) is 13.8. The fraction of sp³-hybridized carbons (Fsp3) is 0.500. The molecule has 0 aliphatic carbocycles. The average Bonchev–Trinajstić information content (AvgIpc) is 3.06. The molecule has 1 aromatic heterocycles. The number of hydrogen-bond donors (Lipinski definition) is 1. The minimum Gasteiger partial charge on any atom is -0.412 e. The van der Waals surface area contributed by atoms with Gasteiger partial charge in [-0.3, -0.25) is 4.90 Å². The maximum Gasteiger partial charge on any atom is 0.0679 e. The molecule has 0 spiro atoms. The first-order valence-corrected chi connectivity index (χ1v) is 8.13. The predicted octanol–water partition coefficient (Wildman–Crippen LogP) is 1.70. The van der Waals surface area contributed by atoms with E-state index in [2.05, 4.69) is 34.5 Å². The second kappa shape index (κ2) is 7.87. The Hall–Kier alpha value is -0.980. The van der Waals surface area contributed by atoms with Crippen LogP contribution in [0.2, 0.25) is 0 Å². The molecule has 5 heteroatoms. The van der Waals surface area contributed by atoms with Crippen LogP contribution in [0.25, 0.3) is 10.1 Å². The molecule has 1 unspecified atom stereocenters. The lowest BCUT2D eigenvalue weighted by atomic mass is 10.1. The third-order valence-corrected chi connectivity index (χ3v) is 4.75. The van der Waals surface area contributed by atoms with Crippen LogP contribution in [0.15, 0.2) is 29.6 Å². The van der Waals surface area contributed by atoms with Crippen LogP contribution in [0, 0.1) is 0 Å². The zero-order valence-electron chi connectivity index (χ0n) is 12.1. The number of hydrogen-bond acceptors (Lipinski definition) is 4. The van der Waals surface area contributed by atoms with Crippen LogP contribution in [0.1, 0.15) is 12.0 Å². The molecule has 2 heterocycles. The molecule has 0 amide bonds. The molecule has 2 aromatic rings. The zero-order valence-corrected chi connectivity index (χ0v) is 12.9. The van der Waals surface area contributed by atoms with Crippen molar-refractivity contribution in [1.29, 1.82) is 0 Å². The highest BCUT2D eigenvalue weighted by Crippen LogP contribution is 2.21. The Labute approximate surface area is 129 Å². The summed E-state index contributed by atoms with van der Waals surface area (Å²) in [7, 11) is 0. The van der Waals surface area contributed by atoms with E-state index in [0.29, 0.717) is 0 Å². The van der Waals surface area contributed by atoms with Gasteiger partial charge in [-0.2, -0.15) is 0 Å². The smallest absolute Gasteiger partial charge is 0.0679 e. The Morgan fingerprint density at radius 3 is 3.00 bits per heavy atom. The van der Waals surface area contributed by atoms with Gasteiger partial charge in [-0.1, -0.05) is 12.1 Å². The minimum atomic E-state index is -0.132. The fourth-order valence-electron chi connectivity index (χ4n) is 2.67. The van der Waals surface area contributed by atoms with Crippen LogP contribution in [0.4, 0.5) is 0 Å². The van der Waals surface area contributed by atoms with Crippen molar-refractivity contribution in [2.24, 2.45) is 0 Å². The Kier molecular flexibility index (Phi) is 6.14. The molecule has 21 heavy (non-hydrogen) atoms. The van der Waals surface area contributed by atoms with Gasteiger partial charge in [0.15, 0.2) is 0 Å². The second-order valence-corrected chi connectivity index (χ2v) is 6.35. The van der Waals surface area contributed by atoms with Crippen molar-refractivity contribution in [2.45, 2.75) is 18.9 Å². The first kappa shape index (κ1) is 16.4. The highest BCUT2D eigenvalue weighted by atomic mass is 32.1. The molecule has 0 bridgehead atoms. The molecule has 116 valence electrons. The monoisotopic (exact) mass is 309 g/mol. The van der Waals surface area contributed by atoms with Crippen molar-refractivity contribution in [2.75, 3.05) is 32.8 Å². The predicted molar refractivity (Wildman–Crippen MR) is 87.0 cm³/mol. The third-order valence-electron chi connectivity index (χ3n) is 3.85. The van der Waals surface area contributed by atoms with E-state index < -0.39 is 0 Å². The molecular weight excluding hydrogens is 286 g/mol. The van der Waals surface area contributed by atoms with Gasteiger partial charge < -0.3 is 15.3 Å². The standard InChI is InChI=1S/C16H21NO2S.H2O/c18-15-3-6-17(12-15)7-9-19-8-4-13-1-2-16-14(11-13)5-10-20-16;/h1-2,5,10-11,15,18H,3-4,6-9,12H2;1H2. The Morgan fingerprint density at radius 1 is 1.29 bits per heavy atom. The number of thiophene rings is 1. The number of rotatable bonds is 6. The van der Waals surface area contributed by atoms with Crippen LogP contribution in [0.5, 0.6) is 0 Å². The largest absolute Gasteiger partial charge is 0.412 e. The van der Waals surface area contributed by atoms with Crippen molar-refractivity contribution in [3.05, 3.63) is 35.2 Å². The molecule has 1 aromatic carbocycles. The van der Waals surface area contributed by atoms with Gasteiger partial charge in [-0.25, -0.2) is 0 Å². The first-order chi connectivity index (χ1) is 9.81. The van der Waals surface area contributed by atoms with E-state index in [0.717, 1.165) is 45.7 Å². The lowest BCUT2D eigenvalue weighted by Crippen LogP contribution is -2.26. The van der Waals surface area contributed by atoms with Gasteiger partial charge in [0.25, 0.3) is 0 Å². The van der Waals surface area contributed by atoms with Crippen LogP contribution < -0.4 is 0 Å². The fourth-order valence-corrected chi connectivity index (χ4v) is 3.44. The Bertz CT molecular complexity index is 557. The van der Waals surface area contributed by atoms with E-state index in [1.165, 1.54) is 15.6 Å². The molecule has 0 radical (unpaired) electrons. The molecule has 1 fully saturated rings. The van der Waals surface area contributed by atoms with Crippen molar-refractivity contribution in [1.82, 2.24) is 4.90 Å². The summed E-state index contributed by atoms with van der Waals surface area (Å²) in [6, 6.07) is 8.81. The molecule has 4 nitrogen and oxygen atoms in total. The van der Waals surface area contributed by atoms with Gasteiger partial charge in [-0.15, -0.1) is 11.3 Å². The molecule has 1 atom stereocenters. The summed E-state index contributed by atoms with van der Waals surface area (Å²) in [6.45, 7) is 4.26. The SMILES string of the molecule is O.OC1CCN(CCOCCc2ccc3sccc3c2)C1. The van der Waals surface area contributed by atoms with Crippen LogP contribution in [-0.4, -0.2) is 54.4 Å². The molecule has 1 saturated heterocycles. The van der Waals surface area contributed by atoms with Crippen molar-refractivity contribution < 1.29 is 15.3 Å². The van der Waals surface area contributed by atoms with Gasteiger partial charge in [0.2, 0.25) is 0 Å². The number of fused-ring (bicyclic) bond motifs is 1. The van der Waals surface area contributed by atoms with E-state index in [-0.39, 0.29) is 11.6 Å². The topological polar surface area (TPSA) is 64.2 Å². The summed E-state index contributed by atoms with van der Waals surface area (Å²) in [5, 5.41) is 12.9. The molecular formula is C16H23NO3S. The van der Waals surface area contributed by atoms with Crippen LogP contribution >= 0.6 is 11.3 Å². The summed E-state index contributed by atoms with van der Waals surface area (Å²) < 4.78 is 7.06. The Morgan fingerprint density at radius 2 is 2.19 bits per heavy atom. The van der Waals surface area contributed by atoms with Crippen molar-refractivity contribution in [3.8, 4) is 0 Å². The van der Waals surface area contributed by atoms with Crippen molar-refractivity contribution >= 4 is 21.4 Å². The van der Waals surface area contributed by atoms with Gasteiger partial charge in [0.1, 0.15) is 0 Å². The van der Waals surface area contributed by atoms with E-state index in [9.17, 15) is 5.11 Å². The number of β-amino-alcohol motifs (C(OH)–C–C–N with tert-alkyl or cyclic N) is 1. The normalized spacial score (nSPS) is 19.0. The van der Waals surface area contributed by atoms with E-state index in [1.807, 2.05) is 0 Å². The summed E-state index contributed by atoms with van der Waals surface area (Å²) in [5.74, 6) is 0. The lowest BCUT2D eigenvalue weighted by molar-refractivity contribution is 0.106. The highest BCUT2D eigenvalue weighted by Gasteiger charge is 2.19. The van der Waals surface area contributed by atoms with Gasteiger partial charge in [-0.05, 0) is 41.3 Å². The molecule has 0 saturated carbocycles. The number of likely N-dealkylation sites (tertiary alicyclic amines) is 1. The number of benzene rings is 1. The van der Waals surface area contributed by atoms with Crippen LogP contribution in [-0.2, 0) is 11.2 Å².